The lowest BCUT2D eigenvalue weighted by Crippen LogP contribution is -2.34. The van der Waals surface area contributed by atoms with Crippen LogP contribution >= 0.6 is 0 Å². The average Bonchev–Trinajstić information content (AvgIpc) is 2.47. The third-order valence-corrected chi connectivity index (χ3v) is 4.94. The molecule has 2 atom stereocenters. The fraction of sp³-hybridized carbons (Fsp3) is 0.636. The Morgan fingerprint density at radius 3 is 2.74 bits per heavy atom. The van der Waals surface area contributed by atoms with Crippen LogP contribution in [-0.2, 0) is 6.42 Å². The molecule has 128 valence electrons. The van der Waals surface area contributed by atoms with Crippen LogP contribution in [0.4, 0.5) is 0 Å². The largest absolute Gasteiger partial charge is 0.483 e. The molecular weight excluding hydrogens is 280 g/mol. The molecule has 1 nitrogen and oxygen atoms in total. The molecule has 0 bridgehead atoms. The van der Waals surface area contributed by atoms with Crippen LogP contribution in [0.5, 0.6) is 5.75 Å². The first-order chi connectivity index (χ1) is 10.9. The molecule has 0 spiro atoms. The molecule has 0 aromatic heterocycles. The zero-order valence-electron chi connectivity index (χ0n) is 15.7. The number of fused-ring (bicyclic) bond motifs is 1. The van der Waals surface area contributed by atoms with Gasteiger partial charge in [0.25, 0.3) is 0 Å². The molecule has 2 rings (SSSR count). The zero-order chi connectivity index (χ0) is 16.9. The van der Waals surface area contributed by atoms with Crippen molar-refractivity contribution in [1.82, 2.24) is 0 Å². The monoisotopic (exact) mass is 314 g/mol. The molecule has 1 aromatic carbocycles. The fourth-order valence-corrected chi connectivity index (χ4v) is 3.35. The number of benzene rings is 1. The van der Waals surface area contributed by atoms with Crippen molar-refractivity contribution >= 4 is 0 Å². The van der Waals surface area contributed by atoms with Crippen LogP contribution in [0.3, 0.4) is 0 Å². The van der Waals surface area contributed by atoms with Gasteiger partial charge in [-0.25, -0.2) is 0 Å². The summed E-state index contributed by atoms with van der Waals surface area (Å²) in [5.41, 5.74) is 2.54. The average molecular weight is 315 g/mol. The summed E-state index contributed by atoms with van der Waals surface area (Å²) in [6.45, 7) is 11.4. The molecule has 0 fully saturated rings. The molecule has 0 saturated carbocycles. The minimum absolute atomic E-state index is 0.139. The van der Waals surface area contributed by atoms with Gasteiger partial charge in [0.15, 0.2) is 0 Å². The Hall–Kier alpha value is -1.24. The first-order valence-corrected chi connectivity index (χ1v) is 9.34. The smallest absolute Gasteiger partial charge is 0.125 e. The SMILES string of the molecule is Cc1ccc2c(c1)CCC(C)(/C=C/CC(C)CCCC(C)C)O2. The molecule has 2 unspecified atom stereocenters. The van der Waals surface area contributed by atoms with Gasteiger partial charge in [0.1, 0.15) is 11.4 Å². The van der Waals surface area contributed by atoms with E-state index in [0.29, 0.717) is 0 Å². The lowest BCUT2D eigenvalue weighted by Gasteiger charge is -2.33. The quantitative estimate of drug-likeness (QED) is 0.523. The highest BCUT2D eigenvalue weighted by molar-refractivity contribution is 5.39. The predicted molar refractivity (Wildman–Crippen MR) is 100 cm³/mol. The lowest BCUT2D eigenvalue weighted by atomic mass is 9.90. The Kier molecular flexibility index (Phi) is 6.33. The second-order valence-corrected chi connectivity index (χ2v) is 8.09. The topological polar surface area (TPSA) is 9.23 Å². The highest BCUT2D eigenvalue weighted by atomic mass is 16.5. The molecule has 0 saturated heterocycles. The zero-order valence-corrected chi connectivity index (χ0v) is 15.7. The van der Waals surface area contributed by atoms with Crippen molar-refractivity contribution in [2.75, 3.05) is 0 Å². The second kappa shape index (κ2) is 8.04. The fourth-order valence-electron chi connectivity index (χ4n) is 3.35. The van der Waals surface area contributed by atoms with Crippen molar-refractivity contribution in [2.45, 2.75) is 78.7 Å². The van der Waals surface area contributed by atoms with Crippen molar-refractivity contribution in [2.24, 2.45) is 11.8 Å². The Morgan fingerprint density at radius 1 is 1.22 bits per heavy atom. The number of hydrogen-bond donors (Lipinski definition) is 0. The van der Waals surface area contributed by atoms with E-state index in [-0.39, 0.29) is 5.60 Å². The highest BCUT2D eigenvalue weighted by Crippen LogP contribution is 2.34. The highest BCUT2D eigenvalue weighted by Gasteiger charge is 2.28. The van der Waals surface area contributed by atoms with Gasteiger partial charge < -0.3 is 4.74 Å². The van der Waals surface area contributed by atoms with Crippen molar-refractivity contribution in [3.05, 3.63) is 41.5 Å². The number of rotatable bonds is 7. The molecule has 1 aliphatic heterocycles. The van der Waals surface area contributed by atoms with Crippen molar-refractivity contribution in [3.63, 3.8) is 0 Å². The molecule has 0 radical (unpaired) electrons. The van der Waals surface area contributed by atoms with Gasteiger partial charge in [-0.05, 0) is 62.7 Å². The molecule has 1 aliphatic rings. The van der Waals surface area contributed by atoms with Gasteiger partial charge in [-0.2, -0.15) is 0 Å². The van der Waals surface area contributed by atoms with Gasteiger partial charge in [-0.3, -0.25) is 0 Å². The van der Waals surface area contributed by atoms with E-state index >= 15 is 0 Å². The third kappa shape index (κ3) is 5.71. The summed E-state index contributed by atoms with van der Waals surface area (Å²) in [6, 6.07) is 6.53. The van der Waals surface area contributed by atoms with E-state index in [9.17, 15) is 0 Å². The van der Waals surface area contributed by atoms with Crippen LogP contribution in [0, 0.1) is 18.8 Å². The van der Waals surface area contributed by atoms with Crippen molar-refractivity contribution < 1.29 is 4.74 Å². The van der Waals surface area contributed by atoms with Gasteiger partial charge in [0, 0.05) is 0 Å². The maximum absolute atomic E-state index is 6.28. The lowest BCUT2D eigenvalue weighted by molar-refractivity contribution is 0.114. The number of allylic oxidation sites excluding steroid dienone is 1. The van der Waals surface area contributed by atoms with E-state index in [0.717, 1.165) is 36.8 Å². The number of hydrogen-bond acceptors (Lipinski definition) is 1. The number of aryl methyl sites for hydroxylation is 2. The van der Waals surface area contributed by atoms with Gasteiger partial charge in [-0.15, -0.1) is 0 Å². The molecule has 23 heavy (non-hydrogen) atoms. The first-order valence-electron chi connectivity index (χ1n) is 9.34. The minimum Gasteiger partial charge on any atom is -0.483 e. The third-order valence-electron chi connectivity index (χ3n) is 4.94. The van der Waals surface area contributed by atoms with Crippen molar-refractivity contribution in [1.29, 1.82) is 0 Å². The summed E-state index contributed by atoms with van der Waals surface area (Å²) in [5.74, 6) is 2.67. The summed E-state index contributed by atoms with van der Waals surface area (Å²) in [7, 11) is 0. The second-order valence-electron chi connectivity index (χ2n) is 8.09. The van der Waals surface area contributed by atoms with Gasteiger partial charge in [0.05, 0.1) is 0 Å². The van der Waals surface area contributed by atoms with Crippen LogP contribution in [0.25, 0.3) is 0 Å². The molecule has 1 heteroatoms. The van der Waals surface area contributed by atoms with E-state index in [1.165, 1.54) is 30.4 Å². The summed E-state index contributed by atoms with van der Waals surface area (Å²) in [4.78, 5) is 0. The normalized spacial score (nSPS) is 22.2. The summed E-state index contributed by atoms with van der Waals surface area (Å²) < 4.78 is 6.28. The Morgan fingerprint density at radius 2 is 2.00 bits per heavy atom. The maximum Gasteiger partial charge on any atom is 0.125 e. The first kappa shape index (κ1) is 18.1. The number of ether oxygens (including phenoxy) is 1. The summed E-state index contributed by atoms with van der Waals surface area (Å²) >= 11 is 0. The molecule has 1 heterocycles. The summed E-state index contributed by atoms with van der Waals surface area (Å²) in [6.07, 6.45) is 12.0. The predicted octanol–water partition coefficient (Wildman–Crippen LogP) is 6.49. The van der Waals surface area contributed by atoms with E-state index in [1.54, 1.807) is 0 Å². The Balaban J connectivity index is 1.84. The van der Waals surface area contributed by atoms with Crippen LogP contribution in [0.15, 0.2) is 30.4 Å². The summed E-state index contributed by atoms with van der Waals surface area (Å²) in [5, 5.41) is 0. The van der Waals surface area contributed by atoms with E-state index in [2.05, 4.69) is 65.0 Å². The van der Waals surface area contributed by atoms with Gasteiger partial charge >= 0.3 is 0 Å². The van der Waals surface area contributed by atoms with Crippen molar-refractivity contribution in [3.8, 4) is 5.75 Å². The van der Waals surface area contributed by atoms with Crippen LogP contribution < -0.4 is 4.74 Å². The van der Waals surface area contributed by atoms with E-state index < -0.39 is 0 Å². The molecule has 0 amide bonds. The minimum atomic E-state index is -0.139. The van der Waals surface area contributed by atoms with Crippen LogP contribution in [0.1, 0.15) is 70.9 Å². The van der Waals surface area contributed by atoms with E-state index in [4.69, 9.17) is 4.74 Å². The van der Waals surface area contributed by atoms with Gasteiger partial charge in [0.2, 0.25) is 0 Å². The molecular formula is C22H34O. The van der Waals surface area contributed by atoms with Crippen LogP contribution in [-0.4, -0.2) is 5.60 Å². The molecule has 0 N–H and O–H groups in total. The standard InChI is InChI=1S/C22H34O/c1-17(2)8-6-9-18(3)10-7-14-22(5)15-13-20-16-19(4)11-12-21(20)23-22/h7,11-12,14,16-18H,6,8-10,13,15H2,1-5H3/b14-7+. The van der Waals surface area contributed by atoms with Gasteiger partial charge in [-0.1, -0.05) is 63.8 Å². The Labute approximate surface area is 143 Å². The van der Waals surface area contributed by atoms with E-state index in [1.807, 2.05) is 0 Å². The van der Waals surface area contributed by atoms with Crippen LogP contribution in [0.2, 0.25) is 0 Å². The molecule has 0 aliphatic carbocycles. The molecule has 1 aromatic rings. The maximum atomic E-state index is 6.28. The Bertz CT molecular complexity index is 529.